The van der Waals surface area contributed by atoms with E-state index >= 15 is 0 Å². The van der Waals surface area contributed by atoms with Crippen molar-refractivity contribution in [1.29, 1.82) is 0 Å². The van der Waals surface area contributed by atoms with Crippen LogP contribution in [-0.2, 0) is 16.1 Å². The molecule has 5 heteroatoms. The lowest BCUT2D eigenvalue weighted by atomic mass is 9.90. The van der Waals surface area contributed by atoms with E-state index in [-0.39, 0.29) is 5.91 Å². The zero-order valence-electron chi connectivity index (χ0n) is 14.0. The zero-order valence-corrected chi connectivity index (χ0v) is 14.8. The molecule has 0 heterocycles. The smallest absolute Gasteiger partial charge is 0.239 e. The van der Waals surface area contributed by atoms with E-state index in [0.717, 1.165) is 11.1 Å². The topological polar surface area (TPSA) is 58.2 Å². The molecule has 2 N–H and O–H groups in total. The molecule has 4 nitrogen and oxygen atoms in total. The molecule has 2 rings (SSSR count). The van der Waals surface area contributed by atoms with E-state index in [4.69, 9.17) is 11.6 Å². The third-order valence-corrected chi connectivity index (χ3v) is 4.16. The van der Waals surface area contributed by atoms with Crippen LogP contribution in [0.2, 0.25) is 5.02 Å². The summed E-state index contributed by atoms with van der Waals surface area (Å²) in [6.07, 6.45) is 0. The van der Waals surface area contributed by atoms with E-state index in [0.29, 0.717) is 17.3 Å². The lowest BCUT2D eigenvalue weighted by molar-refractivity contribution is -0.138. The van der Waals surface area contributed by atoms with Gasteiger partial charge >= 0.3 is 0 Å². The van der Waals surface area contributed by atoms with Crippen LogP contribution in [0.4, 0.5) is 5.69 Å². The molecule has 0 unspecified atom stereocenters. The number of anilines is 1. The number of amides is 2. The van der Waals surface area contributed by atoms with Gasteiger partial charge in [-0.05, 0) is 38.5 Å². The van der Waals surface area contributed by atoms with Gasteiger partial charge in [0.15, 0.2) is 0 Å². The fourth-order valence-electron chi connectivity index (χ4n) is 2.05. The van der Waals surface area contributed by atoms with E-state index in [2.05, 4.69) is 10.6 Å². The summed E-state index contributed by atoms with van der Waals surface area (Å²) >= 11 is 6.04. The Kier molecular flexibility index (Phi) is 5.62. The minimum absolute atomic E-state index is 0.340. The zero-order chi connectivity index (χ0) is 17.7. The van der Waals surface area contributed by atoms with Crippen molar-refractivity contribution in [3.8, 4) is 0 Å². The molecule has 0 saturated carbocycles. The molecule has 0 aromatic heterocycles. The first-order valence-electron chi connectivity index (χ1n) is 7.70. The van der Waals surface area contributed by atoms with Crippen LogP contribution in [0.3, 0.4) is 0 Å². The summed E-state index contributed by atoms with van der Waals surface area (Å²) < 4.78 is 0. The monoisotopic (exact) mass is 344 g/mol. The maximum Gasteiger partial charge on any atom is 0.239 e. The summed E-state index contributed by atoms with van der Waals surface area (Å²) in [5.41, 5.74) is 1.41. The van der Waals surface area contributed by atoms with Crippen LogP contribution in [-0.4, -0.2) is 11.8 Å². The molecule has 0 atom stereocenters. The molecule has 0 bridgehead atoms. The van der Waals surface area contributed by atoms with Crippen molar-refractivity contribution in [3.05, 3.63) is 64.7 Å². The van der Waals surface area contributed by atoms with E-state index in [1.54, 1.807) is 38.1 Å². The van der Waals surface area contributed by atoms with Gasteiger partial charge in [-0.3, -0.25) is 9.59 Å². The highest BCUT2D eigenvalue weighted by atomic mass is 35.5. The summed E-state index contributed by atoms with van der Waals surface area (Å²) in [7, 11) is 0. The Bertz CT molecular complexity index is 739. The Morgan fingerprint density at radius 1 is 1.00 bits per heavy atom. The van der Waals surface area contributed by atoms with Crippen molar-refractivity contribution in [1.82, 2.24) is 5.32 Å². The lowest BCUT2D eigenvalue weighted by Crippen LogP contribution is -2.44. The van der Waals surface area contributed by atoms with Crippen LogP contribution in [0.1, 0.15) is 25.0 Å². The Labute approximate surface area is 147 Å². The van der Waals surface area contributed by atoms with Gasteiger partial charge in [-0.15, -0.1) is 0 Å². The number of para-hydroxylation sites is 1. The van der Waals surface area contributed by atoms with E-state index < -0.39 is 11.3 Å². The number of hydrogen-bond donors (Lipinski definition) is 2. The van der Waals surface area contributed by atoms with Gasteiger partial charge in [0.1, 0.15) is 5.41 Å². The van der Waals surface area contributed by atoms with Gasteiger partial charge in [0.25, 0.3) is 0 Å². The van der Waals surface area contributed by atoms with Gasteiger partial charge < -0.3 is 10.6 Å². The Morgan fingerprint density at radius 2 is 1.62 bits per heavy atom. The number of hydrogen-bond acceptors (Lipinski definition) is 2. The van der Waals surface area contributed by atoms with Gasteiger partial charge in [0.2, 0.25) is 11.8 Å². The second kappa shape index (κ2) is 7.49. The van der Waals surface area contributed by atoms with Crippen LogP contribution < -0.4 is 10.6 Å². The summed E-state index contributed by atoms with van der Waals surface area (Å²) in [5, 5.41) is 5.94. The number of rotatable bonds is 5. The molecule has 2 aromatic rings. The Morgan fingerprint density at radius 3 is 2.25 bits per heavy atom. The predicted molar refractivity (Wildman–Crippen MR) is 96.9 cm³/mol. The van der Waals surface area contributed by atoms with E-state index in [9.17, 15) is 9.59 Å². The first kappa shape index (κ1) is 18.0. The second-order valence-electron chi connectivity index (χ2n) is 6.23. The van der Waals surface area contributed by atoms with Gasteiger partial charge in [0, 0.05) is 6.54 Å². The van der Waals surface area contributed by atoms with Crippen LogP contribution >= 0.6 is 11.6 Å². The van der Waals surface area contributed by atoms with Crippen molar-refractivity contribution in [3.63, 3.8) is 0 Å². The predicted octanol–water partition coefficient (Wildman–Crippen LogP) is 3.93. The largest absolute Gasteiger partial charge is 0.351 e. The number of carbonyl (C=O) groups excluding carboxylic acids is 2. The number of carbonyl (C=O) groups is 2. The third kappa shape index (κ3) is 4.36. The summed E-state index contributed by atoms with van der Waals surface area (Å²) in [5.74, 6) is -0.746. The highest BCUT2D eigenvalue weighted by Crippen LogP contribution is 2.24. The van der Waals surface area contributed by atoms with Crippen molar-refractivity contribution >= 4 is 29.1 Å². The highest BCUT2D eigenvalue weighted by Gasteiger charge is 2.36. The molecule has 126 valence electrons. The molecular weight excluding hydrogens is 324 g/mol. The summed E-state index contributed by atoms with van der Waals surface area (Å²) in [6.45, 7) is 5.56. The molecule has 0 saturated heterocycles. The second-order valence-corrected chi connectivity index (χ2v) is 6.63. The Hall–Kier alpha value is -2.33. The minimum Gasteiger partial charge on any atom is -0.351 e. The van der Waals surface area contributed by atoms with Crippen molar-refractivity contribution < 1.29 is 9.59 Å². The van der Waals surface area contributed by atoms with Gasteiger partial charge in [-0.1, -0.05) is 53.6 Å². The van der Waals surface area contributed by atoms with E-state index in [1.807, 2.05) is 31.2 Å². The molecule has 0 aliphatic carbocycles. The quantitative estimate of drug-likeness (QED) is 0.807. The average Bonchev–Trinajstić information content (AvgIpc) is 2.56. The normalized spacial score (nSPS) is 11.0. The number of halogens is 1. The average molecular weight is 345 g/mol. The first-order valence-corrected chi connectivity index (χ1v) is 8.08. The summed E-state index contributed by atoms with van der Waals surface area (Å²) in [4.78, 5) is 24.9. The van der Waals surface area contributed by atoms with Gasteiger partial charge in [-0.25, -0.2) is 0 Å². The lowest BCUT2D eigenvalue weighted by Gasteiger charge is -2.23. The number of nitrogens with one attached hydrogen (secondary N) is 2. The van der Waals surface area contributed by atoms with Crippen molar-refractivity contribution in [2.24, 2.45) is 5.41 Å². The van der Waals surface area contributed by atoms with Crippen LogP contribution in [0, 0.1) is 12.3 Å². The van der Waals surface area contributed by atoms with Crippen molar-refractivity contribution in [2.75, 3.05) is 5.32 Å². The van der Waals surface area contributed by atoms with Gasteiger partial charge in [0.05, 0.1) is 10.7 Å². The fourth-order valence-corrected chi connectivity index (χ4v) is 2.24. The molecule has 2 amide bonds. The molecule has 0 radical (unpaired) electrons. The molecule has 0 fully saturated rings. The maximum atomic E-state index is 12.5. The van der Waals surface area contributed by atoms with Crippen LogP contribution in [0.25, 0.3) is 0 Å². The van der Waals surface area contributed by atoms with Gasteiger partial charge in [-0.2, -0.15) is 0 Å². The third-order valence-electron chi connectivity index (χ3n) is 3.83. The fraction of sp³-hybridized carbons (Fsp3) is 0.263. The SMILES string of the molecule is Cc1ccc(CNC(=O)C(C)(C)C(=O)Nc2ccccc2Cl)cc1. The first-order chi connectivity index (χ1) is 11.3. The molecule has 0 aliphatic rings. The maximum absolute atomic E-state index is 12.5. The molecular formula is C19H21ClN2O2. The van der Waals surface area contributed by atoms with Crippen LogP contribution in [0.5, 0.6) is 0 Å². The highest BCUT2D eigenvalue weighted by molar-refractivity contribution is 6.33. The number of aryl methyl sites for hydroxylation is 1. The van der Waals surface area contributed by atoms with Crippen LogP contribution in [0.15, 0.2) is 48.5 Å². The Balaban J connectivity index is 1.99. The molecule has 2 aromatic carbocycles. The van der Waals surface area contributed by atoms with Crippen molar-refractivity contribution in [2.45, 2.75) is 27.3 Å². The summed E-state index contributed by atoms with van der Waals surface area (Å²) in [6, 6.07) is 14.8. The molecule has 24 heavy (non-hydrogen) atoms. The minimum atomic E-state index is -1.22. The van der Waals surface area contributed by atoms with E-state index in [1.165, 1.54) is 0 Å². The number of benzene rings is 2. The standard InChI is InChI=1S/C19H21ClN2O2/c1-13-8-10-14(11-9-13)12-21-17(23)19(2,3)18(24)22-16-7-5-4-6-15(16)20/h4-11H,12H2,1-3H3,(H,21,23)(H,22,24). The molecule has 0 spiro atoms. The molecule has 0 aliphatic heterocycles.